The molecule has 1 aliphatic rings. The Morgan fingerprint density at radius 3 is 2.00 bits per heavy atom. The minimum absolute atomic E-state index is 0.0286. The summed E-state index contributed by atoms with van der Waals surface area (Å²) in [5.41, 5.74) is -0.284. The lowest BCUT2D eigenvalue weighted by Crippen LogP contribution is -2.37. The van der Waals surface area contributed by atoms with E-state index in [0.29, 0.717) is 72.1 Å². The topological polar surface area (TPSA) is 131 Å². The van der Waals surface area contributed by atoms with Gasteiger partial charge in [0.15, 0.2) is 0 Å². The van der Waals surface area contributed by atoms with Gasteiger partial charge in [0.05, 0.1) is 44.6 Å². The zero-order chi connectivity index (χ0) is 30.7. The van der Waals surface area contributed by atoms with E-state index in [1.54, 1.807) is 28.4 Å². The van der Waals surface area contributed by atoms with Gasteiger partial charge >= 0.3 is 0 Å². The van der Waals surface area contributed by atoms with E-state index in [4.69, 9.17) is 33.2 Å². The Kier molecular flexibility index (Phi) is 19.2. The summed E-state index contributed by atoms with van der Waals surface area (Å²) >= 11 is 0. The number of hydrogen-bond acceptors (Lipinski definition) is 10. The number of nitrogens with one attached hydrogen (secondary N) is 1. The molecular formula is C29H54N2O10. The number of rotatable bonds is 24. The van der Waals surface area contributed by atoms with Crippen molar-refractivity contribution in [1.29, 1.82) is 0 Å². The first-order valence-electron chi connectivity index (χ1n) is 14.5. The summed E-state index contributed by atoms with van der Waals surface area (Å²) in [6.07, 6.45) is 1.94. The van der Waals surface area contributed by atoms with E-state index in [0.717, 1.165) is 0 Å². The van der Waals surface area contributed by atoms with Gasteiger partial charge < -0.3 is 38.5 Å². The van der Waals surface area contributed by atoms with E-state index >= 15 is 0 Å². The Hall–Kier alpha value is -1.67. The van der Waals surface area contributed by atoms with Gasteiger partial charge in [0.2, 0.25) is 17.7 Å². The third kappa shape index (κ3) is 15.4. The van der Waals surface area contributed by atoms with Crippen LogP contribution in [0.15, 0.2) is 0 Å². The van der Waals surface area contributed by atoms with Crippen LogP contribution in [0.1, 0.15) is 52.9 Å². The van der Waals surface area contributed by atoms with Crippen molar-refractivity contribution in [2.45, 2.75) is 71.2 Å². The maximum atomic E-state index is 12.6. The van der Waals surface area contributed by atoms with E-state index < -0.39 is 0 Å². The molecule has 1 heterocycles. The molecular weight excluding hydrogens is 536 g/mol. The molecule has 4 atom stereocenters. The highest BCUT2D eigenvalue weighted by molar-refractivity contribution is 6.04. The van der Waals surface area contributed by atoms with Crippen molar-refractivity contribution in [3.05, 3.63) is 0 Å². The smallest absolute Gasteiger partial charge is 0.233 e. The van der Waals surface area contributed by atoms with Gasteiger partial charge in [-0.2, -0.15) is 0 Å². The maximum absolute atomic E-state index is 12.6. The number of carbonyl (C=O) groups excluding carboxylic acids is 3. The molecule has 0 aromatic rings. The Morgan fingerprint density at radius 1 is 0.878 bits per heavy atom. The van der Waals surface area contributed by atoms with E-state index in [9.17, 15) is 14.4 Å². The molecule has 4 unspecified atom stereocenters. The largest absolute Gasteiger partial charge is 0.382 e. The minimum Gasteiger partial charge on any atom is -0.382 e. The van der Waals surface area contributed by atoms with Crippen molar-refractivity contribution >= 4 is 17.7 Å². The molecule has 12 heteroatoms. The van der Waals surface area contributed by atoms with Gasteiger partial charge in [-0.15, -0.1) is 0 Å². The molecule has 1 rings (SSSR count). The van der Waals surface area contributed by atoms with Crippen molar-refractivity contribution < 1.29 is 47.5 Å². The van der Waals surface area contributed by atoms with Crippen LogP contribution in [0.25, 0.3) is 0 Å². The summed E-state index contributed by atoms with van der Waals surface area (Å²) in [6.45, 7) is 9.49. The fourth-order valence-corrected chi connectivity index (χ4v) is 4.36. The van der Waals surface area contributed by atoms with E-state index in [2.05, 4.69) is 5.32 Å². The third-order valence-electron chi connectivity index (χ3n) is 7.00. The van der Waals surface area contributed by atoms with Crippen LogP contribution in [0, 0.1) is 11.3 Å². The summed E-state index contributed by atoms with van der Waals surface area (Å²) in [5.74, 6) is -0.930. The molecule has 0 radical (unpaired) electrons. The van der Waals surface area contributed by atoms with Crippen molar-refractivity contribution in [3.63, 3.8) is 0 Å². The highest BCUT2D eigenvalue weighted by atomic mass is 16.6. The molecule has 0 bridgehead atoms. The van der Waals surface area contributed by atoms with E-state index in [-0.39, 0.29) is 66.8 Å². The molecule has 0 aliphatic carbocycles. The number of ether oxygens (including phenoxy) is 7. The molecule has 1 aliphatic heterocycles. The van der Waals surface area contributed by atoms with Crippen LogP contribution in [0.5, 0.6) is 0 Å². The second-order valence-electron chi connectivity index (χ2n) is 11.3. The van der Waals surface area contributed by atoms with Crippen molar-refractivity contribution in [3.8, 4) is 0 Å². The predicted molar refractivity (Wildman–Crippen MR) is 152 cm³/mol. The predicted octanol–water partition coefficient (Wildman–Crippen LogP) is 1.83. The minimum atomic E-state index is -0.335. The summed E-state index contributed by atoms with van der Waals surface area (Å²) in [6, 6.07) is 0. The molecule has 0 saturated carbocycles. The molecule has 41 heavy (non-hydrogen) atoms. The number of amides is 3. The maximum Gasteiger partial charge on any atom is 0.233 e. The molecule has 3 amide bonds. The van der Waals surface area contributed by atoms with Gasteiger partial charge in [0.1, 0.15) is 6.10 Å². The van der Waals surface area contributed by atoms with Crippen molar-refractivity contribution in [2.75, 3.05) is 87.8 Å². The van der Waals surface area contributed by atoms with Crippen LogP contribution in [-0.4, -0.2) is 129 Å². The molecule has 1 fully saturated rings. The lowest BCUT2D eigenvalue weighted by Gasteiger charge is -2.24. The van der Waals surface area contributed by atoms with Crippen LogP contribution < -0.4 is 5.32 Å². The first-order chi connectivity index (χ1) is 19.6. The van der Waals surface area contributed by atoms with E-state index in [1.807, 2.05) is 20.8 Å². The zero-order valence-corrected chi connectivity index (χ0v) is 26.2. The summed E-state index contributed by atoms with van der Waals surface area (Å²) < 4.78 is 38.7. The lowest BCUT2D eigenvalue weighted by atomic mass is 9.80. The Morgan fingerprint density at radius 2 is 1.46 bits per heavy atom. The van der Waals surface area contributed by atoms with Crippen LogP contribution in [0.4, 0.5) is 0 Å². The molecule has 1 N–H and O–H groups in total. The number of methoxy groups -OCH3 is 4. The van der Waals surface area contributed by atoms with Crippen LogP contribution in [0.3, 0.4) is 0 Å². The number of carbonyl (C=O) groups is 3. The second-order valence-corrected chi connectivity index (χ2v) is 11.3. The van der Waals surface area contributed by atoms with Crippen LogP contribution >= 0.6 is 0 Å². The first kappa shape index (κ1) is 37.4. The van der Waals surface area contributed by atoms with Crippen LogP contribution in [-0.2, 0) is 47.5 Å². The Bertz CT molecular complexity index is 746. The van der Waals surface area contributed by atoms with Gasteiger partial charge in [-0.1, -0.05) is 20.8 Å². The van der Waals surface area contributed by atoms with Gasteiger partial charge in [-0.25, -0.2) is 0 Å². The number of imide groups is 1. The Balaban J connectivity index is 2.34. The molecule has 0 spiro atoms. The SMILES string of the molecule is COCC(CCOCC(COCCCNC(=O)CCN1C(=O)CC(C(C)(C)C)C1=O)OCCC(COC)OC)OC. The number of likely N-dealkylation sites (tertiary alicyclic amines) is 1. The Labute approximate surface area is 246 Å². The summed E-state index contributed by atoms with van der Waals surface area (Å²) in [4.78, 5) is 38.3. The third-order valence-corrected chi connectivity index (χ3v) is 7.00. The average Bonchev–Trinajstić information content (AvgIpc) is 3.23. The zero-order valence-electron chi connectivity index (χ0n) is 26.2. The summed E-state index contributed by atoms with van der Waals surface area (Å²) in [7, 11) is 6.56. The first-order valence-corrected chi connectivity index (χ1v) is 14.5. The molecule has 0 aromatic carbocycles. The fraction of sp³-hybridized carbons (Fsp3) is 0.897. The monoisotopic (exact) mass is 590 g/mol. The fourth-order valence-electron chi connectivity index (χ4n) is 4.36. The van der Waals surface area contributed by atoms with Crippen molar-refractivity contribution in [2.24, 2.45) is 11.3 Å². The van der Waals surface area contributed by atoms with Crippen LogP contribution in [0.2, 0.25) is 0 Å². The molecule has 0 aromatic heterocycles. The van der Waals surface area contributed by atoms with E-state index in [1.165, 1.54) is 4.90 Å². The van der Waals surface area contributed by atoms with Gasteiger partial charge in [-0.3, -0.25) is 19.3 Å². The number of hydrogen-bond donors (Lipinski definition) is 1. The normalized spacial score (nSPS) is 18.1. The standard InChI is InChI=1S/C29H54N2O10/c1-29(2,3)25-17-27(33)31(28(25)34)13-9-26(32)30-12-8-14-39-20-24(41-16-11-23(38-7)19-36-5)21-40-15-10-22(37-6)18-35-4/h22-25H,8-21H2,1-7H3,(H,30,32). The molecule has 1 saturated heterocycles. The van der Waals surface area contributed by atoms with Crippen molar-refractivity contribution in [1.82, 2.24) is 10.2 Å². The molecule has 240 valence electrons. The number of nitrogens with zero attached hydrogens (tertiary/aromatic N) is 1. The average molecular weight is 591 g/mol. The quantitative estimate of drug-likeness (QED) is 0.131. The molecule has 12 nitrogen and oxygen atoms in total. The lowest BCUT2D eigenvalue weighted by molar-refractivity contribution is -0.140. The highest BCUT2D eigenvalue weighted by Gasteiger charge is 2.44. The summed E-state index contributed by atoms with van der Waals surface area (Å²) in [5, 5.41) is 2.83. The van der Waals surface area contributed by atoms with Gasteiger partial charge in [-0.05, 0) is 24.7 Å². The second kappa shape index (κ2) is 21.1. The van der Waals surface area contributed by atoms with Gasteiger partial charge in [0.25, 0.3) is 0 Å². The highest BCUT2D eigenvalue weighted by Crippen LogP contribution is 2.35. The van der Waals surface area contributed by atoms with Gasteiger partial charge in [0, 0.05) is 74.2 Å².